The first-order chi connectivity index (χ1) is 8.11. The molecule has 1 amide bonds. The average molecular weight is 233 g/mol. The number of benzene rings is 1. The van der Waals surface area contributed by atoms with Gasteiger partial charge in [0.15, 0.2) is 0 Å². The molecular formula is C13H15NO3. The minimum atomic E-state index is -0.162. The Hall–Kier alpha value is -1.97. The Morgan fingerprint density at radius 3 is 2.82 bits per heavy atom. The molecule has 1 aromatic carbocycles. The Balaban J connectivity index is 2.46. The van der Waals surface area contributed by atoms with E-state index >= 15 is 0 Å². The lowest BCUT2D eigenvalue weighted by Gasteiger charge is -2.09. The third-order valence-corrected chi connectivity index (χ3v) is 2.39. The van der Waals surface area contributed by atoms with Gasteiger partial charge in [0.2, 0.25) is 0 Å². The molecule has 0 atom stereocenters. The van der Waals surface area contributed by atoms with Crippen LogP contribution in [-0.2, 0) is 0 Å². The fraction of sp³-hybridized carbons (Fsp3) is 0.308. The lowest BCUT2D eigenvalue weighted by atomic mass is 10.1. The van der Waals surface area contributed by atoms with Crippen molar-refractivity contribution in [3.8, 4) is 5.75 Å². The third kappa shape index (κ3) is 2.25. The fourth-order valence-corrected chi connectivity index (χ4v) is 1.66. The molecule has 1 N–H and O–H groups in total. The first-order valence-corrected chi connectivity index (χ1v) is 5.52. The van der Waals surface area contributed by atoms with E-state index in [4.69, 9.17) is 9.15 Å². The zero-order valence-electron chi connectivity index (χ0n) is 10.1. The molecule has 17 heavy (non-hydrogen) atoms. The van der Waals surface area contributed by atoms with Crippen LogP contribution in [-0.4, -0.2) is 19.1 Å². The zero-order valence-corrected chi connectivity index (χ0v) is 10.1. The molecule has 0 aliphatic carbocycles. The van der Waals surface area contributed by atoms with Crippen molar-refractivity contribution in [2.75, 3.05) is 7.05 Å². The summed E-state index contributed by atoms with van der Waals surface area (Å²) in [4.78, 5) is 11.6. The molecule has 2 aromatic rings. The summed E-state index contributed by atoms with van der Waals surface area (Å²) in [6.45, 7) is 3.92. The molecule has 0 fully saturated rings. The molecule has 0 saturated carbocycles. The van der Waals surface area contributed by atoms with Gasteiger partial charge in [-0.05, 0) is 32.0 Å². The van der Waals surface area contributed by atoms with Crippen LogP contribution in [0.2, 0.25) is 0 Å². The molecule has 2 rings (SSSR count). The lowest BCUT2D eigenvalue weighted by molar-refractivity contribution is 0.0964. The number of rotatable bonds is 3. The number of nitrogens with one attached hydrogen (secondary N) is 1. The summed E-state index contributed by atoms with van der Waals surface area (Å²) < 4.78 is 10.9. The molecule has 4 heteroatoms. The summed E-state index contributed by atoms with van der Waals surface area (Å²) in [5.74, 6) is 0.574. The van der Waals surface area contributed by atoms with Gasteiger partial charge in [0.05, 0.1) is 11.7 Å². The predicted octanol–water partition coefficient (Wildman–Crippen LogP) is 2.58. The normalized spacial score (nSPS) is 10.8. The number of carbonyl (C=O) groups excluding carboxylic acids is 1. The van der Waals surface area contributed by atoms with Crippen LogP contribution in [0.15, 0.2) is 28.9 Å². The maximum Gasteiger partial charge on any atom is 0.254 e. The van der Waals surface area contributed by atoms with E-state index in [9.17, 15) is 4.79 Å². The highest BCUT2D eigenvalue weighted by atomic mass is 16.5. The second-order valence-corrected chi connectivity index (χ2v) is 4.05. The van der Waals surface area contributed by atoms with E-state index < -0.39 is 0 Å². The number of fused-ring (bicyclic) bond motifs is 1. The first-order valence-electron chi connectivity index (χ1n) is 5.52. The Bertz CT molecular complexity index is 543. The summed E-state index contributed by atoms with van der Waals surface area (Å²) in [6.07, 6.45) is 1.56. The number of furan rings is 1. The largest absolute Gasteiger partial charge is 0.491 e. The molecule has 90 valence electrons. The van der Waals surface area contributed by atoms with Crippen molar-refractivity contribution >= 4 is 16.9 Å². The number of ether oxygens (including phenoxy) is 1. The molecule has 1 aromatic heterocycles. The van der Waals surface area contributed by atoms with Gasteiger partial charge in [-0.25, -0.2) is 0 Å². The van der Waals surface area contributed by atoms with E-state index in [0.29, 0.717) is 11.1 Å². The molecule has 0 aliphatic rings. The molecule has 0 saturated heterocycles. The van der Waals surface area contributed by atoms with Crippen molar-refractivity contribution in [1.29, 1.82) is 0 Å². The number of hydrogen-bond acceptors (Lipinski definition) is 3. The SMILES string of the molecule is CNC(=O)c1coc2ccc(OC(C)C)cc12. The van der Waals surface area contributed by atoms with Crippen LogP contribution in [0.1, 0.15) is 24.2 Å². The second kappa shape index (κ2) is 4.49. The van der Waals surface area contributed by atoms with E-state index in [1.165, 1.54) is 6.26 Å². The van der Waals surface area contributed by atoms with Gasteiger partial charge in [0.25, 0.3) is 5.91 Å². The highest BCUT2D eigenvalue weighted by Gasteiger charge is 2.13. The van der Waals surface area contributed by atoms with Gasteiger partial charge in [0, 0.05) is 12.4 Å². The van der Waals surface area contributed by atoms with E-state index in [-0.39, 0.29) is 12.0 Å². The van der Waals surface area contributed by atoms with Crippen molar-refractivity contribution in [1.82, 2.24) is 5.32 Å². The molecule has 0 radical (unpaired) electrons. The molecular weight excluding hydrogens is 218 g/mol. The van der Waals surface area contributed by atoms with E-state index in [2.05, 4.69) is 5.32 Å². The molecule has 4 nitrogen and oxygen atoms in total. The zero-order chi connectivity index (χ0) is 12.4. The van der Waals surface area contributed by atoms with Crippen LogP contribution in [0, 0.1) is 0 Å². The fourth-order valence-electron chi connectivity index (χ4n) is 1.66. The van der Waals surface area contributed by atoms with Crippen molar-refractivity contribution in [2.24, 2.45) is 0 Å². The molecule has 0 bridgehead atoms. The van der Waals surface area contributed by atoms with Crippen LogP contribution in [0.4, 0.5) is 0 Å². The summed E-state index contributed by atoms with van der Waals surface area (Å²) in [6, 6.07) is 5.46. The monoisotopic (exact) mass is 233 g/mol. The summed E-state index contributed by atoms with van der Waals surface area (Å²) >= 11 is 0. The van der Waals surface area contributed by atoms with Gasteiger partial charge in [-0.3, -0.25) is 4.79 Å². The van der Waals surface area contributed by atoms with Crippen LogP contribution < -0.4 is 10.1 Å². The smallest absolute Gasteiger partial charge is 0.254 e. The van der Waals surface area contributed by atoms with Gasteiger partial charge in [-0.1, -0.05) is 0 Å². The first kappa shape index (κ1) is 11.5. The van der Waals surface area contributed by atoms with Crippen molar-refractivity contribution in [2.45, 2.75) is 20.0 Å². The van der Waals surface area contributed by atoms with Crippen LogP contribution in [0.3, 0.4) is 0 Å². The highest BCUT2D eigenvalue weighted by molar-refractivity contribution is 6.06. The van der Waals surface area contributed by atoms with E-state index in [1.54, 1.807) is 13.1 Å². The second-order valence-electron chi connectivity index (χ2n) is 4.05. The number of hydrogen-bond donors (Lipinski definition) is 1. The molecule has 0 unspecified atom stereocenters. The van der Waals surface area contributed by atoms with Crippen molar-refractivity contribution in [3.05, 3.63) is 30.0 Å². The van der Waals surface area contributed by atoms with Gasteiger partial charge in [-0.15, -0.1) is 0 Å². The van der Waals surface area contributed by atoms with Gasteiger partial charge >= 0.3 is 0 Å². The van der Waals surface area contributed by atoms with E-state index in [1.807, 2.05) is 26.0 Å². The Morgan fingerprint density at radius 1 is 1.41 bits per heavy atom. The lowest BCUT2D eigenvalue weighted by Crippen LogP contribution is -2.17. The van der Waals surface area contributed by atoms with Gasteiger partial charge < -0.3 is 14.5 Å². The Labute approximate surface area is 99.6 Å². The van der Waals surface area contributed by atoms with Gasteiger partial charge in [0.1, 0.15) is 17.6 Å². The summed E-state index contributed by atoms with van der Waals surface area (Å²) in [5.41, 5.74) is 1.21. The summed E-state index contributed by atoms with van der Waals surface area (Å²) in [5, 5.41) is 3.35. The van der Waals surface area contributed by atoms with E-state index in [0.717, 1.165) is 11.1 Å². The molecule has 1 heterocycles. The standard InChI is InChI=1S/C13H15NO3/c1-8(2)17-9-4-5-12-10(6-9)11(7-16-12)13(15)14-3/h4-8H,1-3H3,(H,14,15). The van der Waals surface area contributed by atoms with Crippen LogP contribution >= 0.6 is 0 Å². The van der Waals surface area contributed by atoms with Crippen LogP contribution in [0.25, 0.3) is 11.0 Å². The highest BCUT2D eigenvalue weighted by Crippen LogP contribution is 2.26. The quantitative estimate of drug-likeness (QED) is 0.886. The number of carbonyl (C=O) groups is 1. The minimum Gasteiger partial charge on any atom is -0.491 e. The topological polar surface area (TPSA) is 51.5 Å². The molecule has 0 spiro atoms. The minimum absolute atomic E-state index is 0.0998. The average Bonchev–Trinajstić information content (AvgIpc) is 2.70. The number of amides is 1. The van der Waals surface area contributed by atoms with Gasteiger partial charge in [-0.2, -0.15) is 0 Å². The third-order valence-electron chi connectivity index (χ3n) is 2.39. The summed E-state index contributed by atoms with van der Waals surface area (Å²) in [7, 11) is 1.59. The van der Waals surface area contributed by atoms with Crippen molar-refractivity contribution < 1.29 is 13.9 Å². The van der Waals surface area contributed by atoms with Crippen LogP contribution in [0.5, 0.6) is 5.75 Å². The molecule has 0 aliphatic heterocycles. The van der Waals surface area contributed by atoms with Crippen molar-refractivity contribution in [3.63, 3.8) is 0 Å². The Kier molecular flexibility index (Phi) is 3.04. The Morgan fingerprint density at radius 2 is 2.18 bits per heavy atom. The maximum atomic E-state index is 11.6. The predicted molar refractivity (Wildman–Crippen MR) is 65.4 cm³/mol. The maximum absolute atomic E-state index is 11.6.